The zero-order valence-electron chi connectivity index (χ0n) is 11.4. The molecule has 1 aliphatic carbocycles. The van der Waals surface area contributed by atoms with Crippen LogP contribution >= 0.6 is 0 Å². The molecule has 108 valence electrons. The molecule has 1 saturated carbocycles. The lowest BCUT2D eigenvalue weighted by molar-refractivity contribution is -0.127. The molecule has 4 nitrogen and oxygen atoms in total. The number of rotatable bonds is 3. The fourth-order valence-corrected chi connectivity index (χ4v) is 4.39. The van der Waals surface area contributed by atoms with E-state index in [1.54, 1.807) is 6.07 Å². The SMILES string of the molecule is O=C(NCc1ccc2c(c1)CCCS2(=O)=O)C1CCC1. The maximum absolute atomic E-state index is 11.9. The molecule has 1 amide bonds. The quantitative estimate of drug-likeness (QED) is 0.924. The minimum atomic E-state index is -3.09. The van der Waals surface area contributed by atoms with Gasteiger partial charge in [-0.25, -0.2) is 8.42 Å². The van der Waals surface area contributed by atoms with Crippen molar-refractivity contribution in [3.63, 3.8) is 0 Å². The van der Waals surface area contributed by atoms with Crippen LogP contribution in [0.15, 0.2) is 23.1 Å². The lowest BCUT2D eigenvalue weighted by atomic mass is 9.85. The Morgan fingerprint density at radius 1 is 1.25 bits per heavy atom. The minimum Gasteiger partial charge on any atom is -0.352 e. The van der Waals surface area contributed by atoms with E-state index in [1.807, 2.05) is 12.1 Å². The number of fused-ring (bicyclic) bond motifs is 1. The first-order chi connectivity index (χ1) is 9.56. The molecule has 0 unspecified atom stereocenters. The van der Waals surface area contributed by atoms with Crippen molar-refractivity contribution in [3.8, 4) is 0 Å². The van der Waals surface area contributed by atoms with Gasteiger partial charge in [0.2, 0.25) is 5.91 Å². The van der Waals surface area contributed by atoms with Crippen LogP contribution in [0.5, 0.6) is 0 Å². The predicted octanol–water partition coefficient (Wildman–Crippen LogP) is 1.82. The van der Waals surface area contributed by atoms with Crippen LogP contribution in [0.1, 0.15) is 36.8 Å². The van der Waals surface area contributed by atoms with E-state index in [0.717, 1.165) is 36.8 Å². The highest BCUT2D eigenvalue weighted by atomic mass is 32.2. The van der Waals surface area contributed by atoms with E-state index >= 15 is 0 Å². The summed E-state index contributed by atoms with van der Waals surface area (Å²) in [6, 6.07) is 5.42. The van der Waals surface area contributed by atoms with Gasteiger partial charge >= 0.3 is 0 Å². The molecule has 1 aromatic rings. The van der Waals surface area contributed by atoms with E-state index < -0.39 is 9.84 Å². The standard InChI is InChI=1S/C15H19NO3S/c17-15(12-3-1-4-12)16-10-11-6-7-14-13(9-11)5-2-8-20(14,18)19/h6-7,9,12H,1-5,8,10H2,(H,16,17). The smallest absolute Gasteiger partial charge is 0.223 e. The van der Waals surface area contributed by atoms with Gasteiger partial charge in [0.15, 0.2) is 9.84 Å². The Hall–Kier alpha value is -1.36. The van der Waals surface area contributed by atoms with Crippen LogP contribution in [0.25, 0.3) is 0 Å². The van der Waals surface area contributed by atoms with Crippen LogP contribution in [0, 0.1) is 5.92 Å². The molecule has 1 fully saturated rings. The van der Waals surface area contributed by atoms with E-state index in [0.29, 0.717) is 17.9 Å². The van der Waals surface area contributed by atoms with Gasteiger partial charge in [-0.2, -0.15) is 0 Å². The van der Waals surface area contributed by atoms with Gasteiger partial charge in [-0.05, 0) is 42.9 Å². The number of hydrogen-bond acceptors (Lipinski definition) is 3. The number of benzene rings is 1. The molecule has 1 heterocycles. The van der Waals surface area contributed by atoms with E-state index in [2.05, 4.69) is 5.32 Å². The number of aryl methyl sites for hydroxylation is 1. The third-order valence-corrected chi connectivity index (χ3v) is 6.16. The summed E-state index contributed by atoms with van der Waals surface area (Å²) < 4.78 is 23.8. The normalized spacial score (nSPS) is 20.8. The second-order valence-corrected chi connectivity index (χ2v) is 7.79. The molecule has 1 N–H and O–H groups in total. The highest BCUT2D eigenvalue weighted by molar-refractivity contribution is 7.91. The molecular formula is C15H19NO3S. The number of carbonyl (C=O) groups excluding carboxylic acids is 1. The Bertz CT molecular complexity index is 633. The first kappa shape index (κ1) is 13.6. The zero-order chi connectivity index (χ0) is 14.2. The molecule has 1 aromatic carbocycles. The average Bonchev–Trinajstić information content (AvgIpc) is 2.33. The Labute approximate surface area is 119 Å². The van der Waals surface area contributed by atoms with Crippen LogP contribution in [-0.4, -0.2) is 20.1 Å². The summed E-state index contributed by atoms with van der Waals surface area (Å²) in [6.07, 6.45) is 4.63. The summed E-state index contributed by atoms with van der Waals surface area (Å²) in [5.74, 6) is 0.562. The van der Waals surface area contributed by atoms with E-state index in [4.69, 9.17) is 0 Å². The van der Waals surface area contributed by atoms with E-state index in [9.17, 15) is 13.2 Å². The third-order valence-electron chi connectivity index (χ3n) is 4.26. The van der Waals surface area contributed by atoms with E-state index in [-0.39, 0.29) is 17.6 Å². The summed E-state index contributed by atoms with van der Waals surface area (Å²) in [4.78, 5) is 12.3. The molecule has 2 aliphatic rings. The molecule has 0 radical (unpaired) electrons. The molecule has 0 spiro atoms. The highest BCUT2D eigenvalue weighted by Gasteiger charge is 2.25. The van der Waals surface area contributed by atoms with Crippen LogP contribution in [0.2, 0.25) is 0 Å². The lowest BCUT2D eigenvalue weighted by Crippen LogP contribution is -2.34. The lowest BCUT2D eigenvalue weighted by Gasteiger charge is -2.24. The summed E-state index contributed by atoms with van der Waals surface area (Å²) >= 11 is 0. The van der Waals surface area contributed by atoms with Gasteiger partial charge in [-0.1, -0.05) is 18.6 Å². The summed E-state index contributed by atoms with van der Waals surface area (Å²) in [5, 5.41) is 2.94. The molecule has 20 heavy (non-hydrogen) atoms. The van der Waals surface area contributed by atoms with Crippen molar-refractivity contribution in [3.05, 3.63) is 29.3 Å². The third kappa shape index (κ3) is 2.59. The molecule has 1 aliphatic heterocycles. The highest BCUT2D eigenvalue weighted by Crippen LogP contribution is 2.27. The van der Waals surface area contributed by atoms with Crippen molar-refractivity contribution >= 4 is 15.7 Å². The zero-order valence-corrected chi connectivity index (χ0v) is 12.2. The summed E-state index contributed by atoms with van der Waals surface area (Å²) in [6.45, 7) is 0.489. The maximum Gasteiger partial charge on any atom is 0.223 e. The van der Waals surface area contributed by atoms with Crippen LogP contribution in [-0.2, 0) is 27.6 Å². The number of amides is 1. The fourth-order valence-electron chi connectivity index (χ4n) is 2.81. The first-order valence-corrected chi connectivity index (χ1v) is 8.84. The predicted molar refractivity (Wildman–Crippen MR) is 76.0 cm³/mol. The second-order valence-electron chi connectivity index (χ2n) is 5.71. The molecule has 0 bridgehead atoms. The van der Waals surface area contributed by atoms with Gasteiger partial charge in [0.25, 0.3) is 0 Å². The van der Waals surface area contributed by atoms with Crippen molar-refractivity contribution in [2.45, 2.75) is 43.5 Å². The molecule has 0 atom stereocenters. The van der Waals surface area contributed by atoms with Crippen LogP contribution < -0.4 is 5.32 Å². The van der Waals surface area contributed by atoms with Crippen LogP contribution in [0.4, 0.5) is 0 Å². The van der Waals surface area contributed by atoms with Crippen molar-refractivity contribution in [1.82, 2.24) is 5.32 Å². The van der Waals surface area contributed by atoms with Gasteiger partial charge in [-0.3, -0.25) is 4.79 Å². The summed E-state index contributed by atoms with van der Waals surface area (Å²) in [5.41, 5.74) is 1.88. The number of sulfone groups is 1. The van der Waals surface area contributed by atoms with Crippen molar-refractivity contribution in [1.29, 1.82) is 0 Å². The number of nitrogens with one attached hydrogen (secondary N) is 1. The van der Waals surface area contributed by atoms with Crippen molar-refractivity contribution in [2.24, 2.45) is 5.92 Å². The monoisotopic (exact) mass is 293 g/mol. The fraction of sp³-hybridized carbons (Fsp3) is 0.533. The van der Waals surface area contributed by atoms with Gasteiger partial charge in [0.05, 0.1) is 10.6 Å². The van der Waals surface area contributed by atoms with Crippen LogP contribution in [0.3, 0.4) is 0 Å². The molecule has 0 aromatic heterocycles. The number of hydrogen-bond donors (Lipinski definition) is 1. The Balaban J connectivity index is 1.71. The maximum atomic E-state index is 11.9. The minimum absolute atomic E-state index is 0.126. The largest absolute Gasteiger partial charge is 0.352 e. The van der Waals surface area contributed by atoms with Crippen molar-refractivity contribution < 1.29 is 13.2 Å². The Morgan fingerprint density at radius 2 is 2.05 bits per heavy atom. The summed E-state index contributed by atoms with van der Waals surface area (Å²) in [7, 11) is -3.09. The van der Waals surface area contributed by atoms with Crippen molar-refractivity contribution in [2.75, 3.05) is 5.75 Å². The van der Waals surface area contributed by atoms with Gasteiger partial charge in [-0.15, -0.1) is 0 Å². The second kappa shape index (κ2) is 5.20. The molecule has 5 heteroatoms. The van der Waals surface area contributed by atoms with Gasteiger partial charge < -0.3 is 5.32 Å². The first-order valence-electron chi connectivity index (χ1n) is 7.18. The molecule has 3 rings (SSSR count). The number of carbonyl (C=O) groups is 1. The van der Waals surface area contributed by atoms with Gasteiger partial charge in [0, 0.05) is 12.5 Å². The molecule has 0 saturated heterocycles. The van der Waals surface area contributed by atoms with Gasteiger partial charge in [0.1, 0.15) is 0 Å². The Kier molecular flexibility index (Phi) is 3.54. The Morgan fingerprint density at radius 3 is 2.75 bits per heavy atom. The van der Waals surface area contributed by atoms with E-state index in [1.165, 1.54) is 0 Å². The molecular weight excluding hydrogens is 274 g/mol. The topological polar surface area (TPSA) is 63.2 Å². The average molecular weight is 293 g/mol.